The summed E-state index contributed by atoms with van der Waals surface area (Å²) in [5, 5.41) is 0. The lowest BCUT2D eigenvalue weighted by Crippen LogP contribution is -2.02. The molecule has 0 fully saturated rings. The standard InChI is InChI=1S/C20H25O4P/c1-4-5-6-7-16-22-25(21,23-19-12-8-17(2)9-13-19)24-20-14-10-18(3)11-15-20/h7-16H,4-6H2,1-3H3. The average Bonchev–Trinajstić information content (AvgIpc) is 2.59. The first kappa shape index (κ1) is 19.1. The lowest BCUT2D eigenvalue weighted by Gasteiger charge is -2.17. The zero-order valence-corrected chi connectivity index (χ0v) is 15.9. The highest BCUT2D eigenvalue weighted by Crippen LogP contribution is 2.49. The van der Waals surface area contributed by atoms with Crippen LogP contribution in [-0.4, -0.2) is 0 Å². The topological polar surface area (TPSA) is 44.8 Å². The number of unbranched alkanes of at least 4 members (excludes halogenated alkanes) is 2. The number of phosphoric ester groups is 1. The summed E-state index contributed by atoms with van der Waals surface area (Å²) < 4.78 is 29.5. The van der Waals surface area contributed by atoms with Crippen LogP contribution in [0.1, 0.15) is 37.3 Å². The summed E-state index contributed by atoms with van der Waals surface area (Å²) in [7, 11) is -3.83. The quantitative estimate of drug-likeness (QED) is 0.287. The van der Waals surface area contributed by atoms with E-state index in [1.54, 1.807) is 24.3 Å². The van der Waals surface area contributed by atoms with Gasteiger partial charge in [0.05, 0.1) is 6.26 Å². The van der Waals surface area contributed by atoms with Gasteiger partial charge in [-0.25, -0.2) is 0 Å². The first-order valence-corrected chi connectivity index (χ1v) is 9.93. The molecule has 5 heteroatoms. The van der Waals surface area contributed by atoms with E-state index >= 15 is 0 Å². The van der Waals surface area contributed by atoms with Gasteiger partial charge in [0.15, 0.2) is 0 Å². The Morgan fingerprint density at radius 3 is 1.80 bits per heavy atom. The van der Waals surface area contributed by atoms with E-state index in [1.807, 2.05) is 44.2 Å². The maximum absolute atomic E-state index is 13.0. The predicted molar refractivity (Wildman–Crippen MR) is 101 cm³/mol. The summed E-state index contributed by atoms with van der Waals surface area (Å²) in [4.78, 5) is 0. The highest BCUT2D eigenvalue weighted by atomic mass is 31.2. The van der Waals surface area contributed by atoms with Crippen molar-refractivity contribution in [2.75, 3.05) is 0 Å². The second-order valence-corrected chi connectivity index (χ2v) is 7.35. The minimum Gasteiger partial charge on any atom is -0.394 e. The molecular formula is C20H25O4P. The van der Waals surface area contributed by atoms with E-state index in [0.29, 0.717) is 11.5 Å². The van der Waals surface area contributed by atoms with Crippen molar-refractivity contribution in [3.8, 4) is 11.5 Å². The molecule has 0 saturated carbocycles. The second-order valence-electron chi connectivity index (χ2n) is 5.88. The Balaban J connectivity index is 2.13. The Morgan fingerprint density at radius 2 is 1.36 bits per heavy atom. The van der Waals surface area contributed by atoms with E-state index in [1.165, 1.54) is 6.26 Å². The van der Waals surface area contributed by atoms with Crippen LogP contribution in [-0.2, 0) is 9.09 Å². The van der Waals surface area contributed by atoms with Gasteiger partial charge in [0.25, 0.3) is 0 Å². The average molecular weight is 360 g/mol. The lowest BCUT2D eigenvalue weighted by atomic mass is 10.2. The molecular weight excluding hydrogens is 335 g/mol. The van der Waals surface area contributed by atoms with Crippen LogP contribution in [0, 0.1) is 13.8 Å². The Morgan fingerprint density at radius 1 is 0.880 bits per heavy atom. The van der Waals surface area contributed by atoms with Crippen LogP contribution in [0.4, 0.5) is 0 Å². The molecule has 4 nitrogen and oxygen atoms in total. The molecule has 0 radical (unpaired) electrons. The third-order valence-corrected chi connectivity index (χ3v) is 4.74. The van der Waals surface area contributed by atoms with Crippen LogP contribution >= 0.6 is 7.82 Å². The largest absolute Gasteiger partial charge is 0.646 e. The summed E-state index contributed by atoms with van der Waals surface area (Å²) in [5.41, 5.74) is 2.17. The van der Waals surface area contributed by atoms with Crippen molar-refractivity contribution in [1.82, 2.24) is 0 Å². The number of rotatable bonds is 9. The van der Waals surface area contributed by atoms with Crippen LogP contribution in [0.2, 0.25) is 0 Å². The lowest BCUT2D eigenvalue weighted by molar-refractivity contribution is 0.273. The third-order valence-electron chi connectivity index (χ3n) is 3.49. The van der Waals surface area contributed by atoms with E-state index in [-0.39, 0.29) is 0 Å². The van der Waals surface area contributed by atoms with Gasteiger partial charge in [-0.05, 0) is 57.0 Å². The van der Waals surface area contributed by atoms with Crippen LogP contribution in [0.25, 0.3) is 0 Å². The van der Waals surface area contributed by atoms with Gasteiger partial charge in [-0.3, -0.25) is 0 Å². The minimum atomic E-state index is -3.83. The smallest absolute Gasteiger partial charge is 0.394 e. The van der Waals surface area contributed by atoms with Crippen LogP contribution in [0.3, 0.4) is 0 Å². The van der Waals surface area contributed by atoms with Crippen molar-refractivity contribution >= 4 is 7.82 Å². The van der Waals surface area contributed by atoms with Crippen molar-refractivity contribution in [2.24, 2.45) is 0 Å². The molecule has 0 aromatic heterocycles. The molecule has 0 heterocycles. The molecule has 0 atom stereocenters. The molecule has 0 spiro atoms. The fourth-order valence-electron chi connectivity index (χ4n) is 2.03. The first-order chi connectivity index (χ1) is 12.0. The highest BCUT2D eigenvalue weighted by Gasteiger charge is 2.31. The Labute approximate surface area is 150 Å². The van der Waals surface area contributed by atoms with E-state index in [0.717, 1.165) is 30.4 Å². The molecule has 0 bridgehead atoms. The number of benzene rings is 2. The number of hydrogen-bond donors (Lipinski definition) is 0. The van der Waals surface area contributed by atoms with E-state index in [9.17, 15) is 4.57 Å². The van der Waals surface area contributed by atoms with Gasteiger partial charge in [0, 0.05) is 0 Å². The number of hydrogen-bond acceptors (Lipinski definition) is 4. The Kier molecular flexibility index (Phi) is 7.15. The molecule has 2 aromatic carbocycles. The summed E-state index contributed by atoms with van der Waals surface area (Å²) in [6, 6.07) is 14.5. The number of aryl methyl sites for hydroxylation is 2. The molecule has 134 valence electrons. The number of allylic oxidation sites excluding steroid dienone is 1. The molecule has 0 aliphatic rings. The zero-order chi connectivity index (χ0) is 18.1. The van der Waals surface area contributed by atoms with Crippen LogP contribution < -0.4 is 9.05 Å². The summed E-state index contributed by atoms with van der Waals surface area (Å²) in [6.07, 6.45) is 6.21. The fourth-order valence-corrected chi connectivity index (χ4v) is 3.14. The minimum absolute atomic E-state index is 0.433. The zero-order valence-electron chi connectivity index (χ0n) is 15.0. The second kappa shape index (κ2) is 9.33. The molecule has 0 unspecified atom stereocenters. The SMILES string of the molecule is CCCCC=COP(=O)(Oc1ccc(C)cc1)Oc1ccc(C)cc1. The van der Waals surface area contributed by atoms with Crippen molar-refractivity contribution in [3.05, 3.63) is 72.0 Å². The van der Waals surface area contributed by atoms with Gasteiger partial charge < -0.3 is 13.6 Å². The van der Waals surface area contributed by atoms with Crippen LogP contribution in [0.5, 0.6) is 11.5 Å². The third kappa shape index (κ3) is 6.67. The van der Waals surface area contributed by atoms with E-state index < -0.39 is 7.82 Å². The molecule has 0 saturated heterocycles. The number of phosphoric acid groups is 1. The molecule has 0 aliphatic carbocycles. The molecule has 25 heavy (non-hydrogen) atoms. The van der Waals surface area contributed by atoms with Gasteiger partial charge >= 0.3 is 7.82 Å². The molecule has 2 aromatic rings. The van der Waals surface area contributed by atoms with Gasteiger partial charge in [-0.1, -0.05) is 48.7 Å². The van der Waals surface area contributed by atoms with Crippen molar-refractivity contribution in [1.29, 1.82) is 0 Å². The first-order valence-electron chi connectivity index (χ1n) is 8.47. The molecule has 0 amide bonds. The Bertz CT molecular complexity index is 669. The molecule has 0 N–H and O–H groups in total. The normalized spacial score (nSPS) is 11.5. The fraction of sp³-hybridized carbons (Fsp3) is 0.300. The van der Waals surface area contributed by atoms with Crippen molar-refractivity contribution < 1.29 is 18.1 Å². The monoisotopic (exact) mass is 360 g/mol. The summed E-state index contributed by atoms with van der Waals surface area (Å²) in [6.45, 7) is 6.05. The predicted octanol–water partition coefficient (Wildman–Crippen LogP) is 6.59. The van der Waals surface area contributed by atoms with Gasteiger partial charge in [0.2, 0.25) is 0 Å². The maximum atomic E-state index is 13.0. The van der Waals surface area contributed by atoms with Gasteiger partial charge in [0.1, 0.15) is 11.5 Å². The van der Waals surface area contributed by atoms with Crippen molar-refractivity contribution in [3.63, 3.8) is 0 Å². The van der Waals surface area contributed by atoms with E-state index in [2.05, 4.69) is 6.92 Å². The highest BCUT2D eigenvalue weighted by molar-refractivity contribution is 7.49. The van der Waals surface area contributed by atoms with Gasteiger partial charge in [-0.15, -0.1) is 0 Å². The summed E-state index contributed by atoms with van der Waals surface area (Å²) in [5.74, 6) is 0.867. The van der Waals surface area contributed by atoms with Gasteiger partial charge in [-0.2, -0.15) is 4.57 Å². The molecule has 2 rings (SSSR count). The summed E-state index contributed by atoms with van der Waals surface area (Å²) >= 11 is 0. The molecule has 0 aliphatic heterocycles. The van der Waals surface area contributed by atoms with Crippen molar-refractivity contribution in [2.45, 2.75) is 40.0 Å². The van der Waals surface area contributed by atoms with E-state index in [4.69, 9.17) is 13.6 Å². The maximum Gasteiger partial charge on any atom is 0.646 e. The Hall–Kier alpha value is -2.19. The van der Waals surface area contributed by atoms with Crippen LogP contribution in [0.15, 0.2) is 60.9 Å².